The van der Waals surface area contributed by atoms with Gasteiger partial charge in [-0.3, -0.25) is 0 Å². The fraction of sp³-hybridized carbons (Fsp3) is 0.172. The van der Waals surface area contributed by atoms with Gasteiger partial charge in [-0.15, -0.1) is 0 Å². The van der Waals surface area contributed by atoms with Crippen LogP contribution in [0, 0.1) is 5.92 Å². The van der Waals surface area contributed by atoms with Crippen LogP contribution in [0.2, 0.25) is 0 Å². The fourth-order valence-electron chi connectivity index (χ4n) is 4.57. The van der Waals surface area contributed by atoms with E-state index in [1.54, 1.807) is 0 Å². The van der Waals surface area contributed by atoms with Crippen LogP contribution >= 0.6 is 20.8 Å². The number of hydrogen-bond donors (Lipinski definition) is 0. The van der Waals surface area contributed by atoms with Crippen LogP contribution in [0.1, 0.15) is 12.5 Å². The van der Waals surface area contributed by atoms with Gasteiger partial charge in [0.1, 0.15) is 0 Å². The molecule has 0 radical (unpaired) electrons. The van der Waals surface area contributed by atoms with E-state index in [9.17, 15) is 0 Å². The third-order valence-corrected chi connectivity index (χ3v) is 16.0. The summed E-state index contributed by atoms with van der Waals surface area (Å²) >= 11 is 4.53. The zero-order valence-corrected chi connectivity index (χ0v) is 21.0. The van der Waals surface area contributed by atoms with E-state index in [1.165, 1.54) is 21.5 Å². The summed E-state index contributed by atoms with van der Waals surface area (Å²) < 4.78 is 6.18. The van der Waals surface area contributed by atoms with Crippen molar-refractivity contribution in [3.63, 3.8) is 0 Å². The summed E-state index contributed by atoms with van der Waals surface area (Å²) in [4.78, 5) is 0. The summed E-state index contributed by atoms with van der Waals surface area (Å²) in [7, 11) is 0. The maximum absolute atomic E-state index is 6.18. The van der Waals surface area contributed by atoms with E-state index in [1.807, 2.05) is 6.07 Å². The van der Waals surface area contributed by atoms with Gasteiger partial charge in [0, 0.05) is 0 Å². The molecule has 0 aromatic heterocycles. The van der Waals surface area contributed by atoms with Crippen molar-refractivity contribution in [3.05, 3.63) is 127 Å². The second-order valence-electron chi connectivity index (χ2n) is 8.48. The van der Waals surface area contributed by atoms with Crippen molar-refractivity contribution in [3.8, 4) is 0 Å². The zero-order chi connectivity index (χ0) is 22.3. The van der Waals surface area contributed by atoms with Gasteiger partial charge in [-0.1, -0.05) is 0 Å². The van der Waals surface area contributed by atoms with Crippen molar-refractivity contribution in [2.75, 3.05) is 12.8 Å². The van der Waals surface area contributed by atoms with Crippen LogP contribution in [-0.4, -0.2) is 12.8 Å². The first-order valence-corrected chi connectivity index (χ1v) is 15.6. The Kier molecular flexibility index (Phi) is 7.26. The van der Waals surface area contributed by atoms with E-state index < -0.39 is 5.31 Å². The van der Waals surface area contributed by atoms with Gasteiger partial charge < -0.3 is 0 Å². The molecule has 4 rings (SSSR count). The first-order valence-electron chi connectivity index (χ1n) is 11.1. The predicted octanol–water partition coefficient (Wildman–Crippen LogP) is 6.68. The minimum absolute atomic E-state index is 0.358. The first kappa shape index (κ1) is 22.9. The van der Waals surface area contributed by atoms with Crippen LogP contribution in [0.4, 0.5) is 0 Å². The Morgan fingerprint density at radius 2 is 1.00 bits per heavy atom. The SMILES string of the molecule is C[C@@H](COCc1ccccc1)CP(Br)(c1ccccc1)(c1ccccc1)c1ccccc1. The van der Waals surface area contributed by atoms with Crippen molar-refractivity contribution < 1.29 is 4.74 Å². The molecule has 1 atom stereocenters. The maximum atomic E-state index is 6.18. The van der Waals surface area contributed by atoms with E-state index in [-0.39, 0.29) is 0 Å². The number of hydrogen-bond acceptors (Lipinski definition) is 1. The number of halogens is 1. The van der Waals surface area contributed by atoms with Crippen molar-refractivity contribution in [2.24, 2.45) is 5.92 Å². The van der Waals surface area contributed by atoms with Crippen LogP contribution < -0.4 is 15.9 Å². The van der Waals surface area contributed by atoms with Gasteiger partial charge in [-0.25, -0.2) is 0 Å². The number of rotatable bonds is 9. The summed E-state index contributed by atoms with van der Waals surface area (Å²) in [6, 6.07) is 43.3. The Morgan fingerprint density at radius 3 is 1.41 bits per heavy atom. The van der Waals surface area contributed by atoms with Crippen LogP contribution in [0.25, 0.3) is 0 Å². The molecule has 0 spiro atoms. The van der Waals surface area contributed by atoms with Gasteiger partial charge in [0.2, 0.25) is 0 Å². The second-order valence-corrected chi connectivity index (χ2v) is 17.5. The molecule has 0 saturated carbocycles. The molecule has 1 nitrogen and oxygen atoms in total. The summed E-state index contributed by atoms with van der Waals surface area (Å²) in [5.74, 6) is 0.358. The topological polar surface area (TPSA) is 9.23 Å². The standard InChI is InChI=1S/C29H30BrOP/c1-25(22-31-23-26-14-6-2-7-15-26)24-32(30,27-16-8-3-9-17-27,28-18-10-4-11-19-28)29-20-12-5-13-21-29/h2-21,25H,22-24H2,1H3/t25-/m0/s1. The predicted molar refractivity (Wildman–Crippen MR) is 144 cm³/mol. The Balaban J connectivity index is 1.74. The van der Waals surface area contributed by atoms with Gasteiger partial charge in [0.15, 0.2) is 0 Å². The molecule has 0 aliphatic rings. The fourth-order valence-corrected chi connectivity index (χ4v) is 13.4. The molecule has 0 fully saturated rings. The molecule has 0 heterocycles. The van der Waals surface area contributed by atoms with Crippen molar-refractivity contribution in [2.45, 2.75) is 13.5 Å². The number of benzene rings is 4. The van der Waals surface area contributed by atoms with Crippen LogP contribution in [0.15, 0.2) is 121 Å². The van der Waals surface area contributed by atoms with E-state index in [4.69, 9.17) is 4.74 Å². The molecule has 0 aliphatic carbocycles. The minimum atomic E-state index is -2.90. The summed E-state index contributed by atoms with van der Waals surface area (Å²) in [5, 5.41) is 1.16. The van der Waals surface area contributed by atoms with Crippen LogP contribution in [0.3, 0.4) is 0 Å². The molecule has 0 N–H and O–H groups in total. The van der Waals surface area contributed by atoms with E-state index in [0.717, 1.165) is 6.16 Å². The van der Waals surface area contributed by atoms with Crippen molar-refractivity contribution in [1.82, 2.24) is 0 Å². The molecule has 0 amide bonds. The van der Waals surface area contributed by atoms with E-state index >= 15 is 0 Å². The summed E-state index contributed by atoms with van der Waals surface area (Å²) in [5.41, 5.74) is 1.21. The normalized spacial score (nSPS) is 13.8. The third kappa shape index (κ3) is 4.59. The van der Waals surface area contributed by atoms with Gasteiger partial charge in [-0.05, 0) is 0 Å². The molecule has 0 unspecified atom stereocenters. The molecule has 0 aliphatic heterocycles. The van der Waals surface area contributed by atoms with E-state index in [2.05, 4.69) is 138 Å². The summed E-state index contributed by atoms with van der Waals surface area (Å²) in [6.45, 7) is 3.67. The van der Waals surface area contributed by atoms with Crippen LogP contribution in [0.5, 0.6) is 0 Å². The van der Waals surface area contributed by atoms with Gasteiger partial charge in [-0.2, -0.15) is 0 Å². The Labute approximate surface area is 200 Å². The van der Waals surface area contributed by atoms with Crippen molar-refractivity contribution in [1.29, 1.82) is 0 Å². The summed E-state index contributed by atoms with van der Waals surface area (Å²) in [6.07, 6.45) is 0.985. The average Bonchev–Trinajstić information content (AvgIpc) is 2.86. The quantitative estimate of drug-likeness (QED) is 0.231. The first-order chi connectivity index (χ1) is 15.6. The molecule has 0 bridgehead atoms. The Hall–Kier alpha value is -2.25. The monoisotopic (exact) mass is 504 g/mol. The van der Waals surface area contributed by atoms with Gasteiger partial charge in [0.25, 0.3) is 0 Å². The molecular formula is C29H30BrOP. The molecule has 3 heteroatoms. The van der Waals surface area contributed by atoms with Gasteiger partial charge in [0.05, 0.1) is 0 Å². The molecule has 164 valence electrons. The van der Waals surface area contributed by atoms with Crippen molar-refractivity contribution >= 4 is 36.7 Å². The Bertz CT molecular complexity index is 1000. The molecule has 0 saturated heterocycles. The third-order valence-electron chi connectivity index (χ3n) is 6.05. The molecular weight excluding hydrogens is 475 g/mol. The zero-order valence-electron chi connectivity index (χ0n) is 18.5. The van der Waals surface area contributed by atoms with E-state index in [0.29, 0.717) is 19.1 Å². The average molecular weight is 505 g/mol. The molecule has 4 aromatic carbocycles. The molecule has 32 heavy (non-hydrogen) atoms. The molecule has 4 aromatic rings. The van der Waals surface area contributed by atoms with Gasteiger partial charge >= 0.3 is 201 Å². The number of ether oxygens (including phenoxy) is 1. The Morgan fingerprint density at radius 1 is 0.625 bits per heavy atom. The van der Waals surface area contributed by atoms with Crippen LogP contribution in [-0.2, 0) is 11.3 Å². The second kappa shape index (κ2) is 10.1.